The van der Waals surface area contributed by atoms with Gasteiger partial charge in [0.2, 0.25) is 5.95 Å². The molecule has 0 radical (unpaired) electrons. The number of hydrogen-bond acceptors (Lipinski definition) is 7. The zero-order chi connectivity index (χ0) is 19.7. The Bertz CT molecular complexity index is 988. The maximum atomic E-state index is 12.7. The lowest BCUT2D eigenvalue weighted by Gasteiger charge is -2.40. The van der Waals surface area contributed by atoms with Crippen molar-refractivity contribution in [2.45, 2.75) is 26.3 Å². The van der Waals surface area contributed by atoms with Crippen LogP contribution in [-0.2, 0) is 6.42 Å². The van der Waals surface area contributed by atoms with Crippen LogP contribution in [0.25, 0.3) is 10.3 Å². The van der Waals surface area contributed by atoms with Gasteiger partial charge in [0, 0.05) is 31.4 Å². The standard InChI is InChI=1S/C19H23N7OS/c1-3-13-4-6-14(7-5-13)22-19(27)25-8-9-26(12(2)10-25)16-15-17(28-11-21-15)24-18(20)23-16/h4-7,11-12H,3,8-10H2,1-2H3,(H,22,27)(H2,20,23,24). The zero-order valence-corrected chi connectivity index (χ0v) is 16.7. The molecule has 28 heavy (non-hydrogen) atoms. The van der Waals surface area contributed by atoms with Crippen LogP contribution in [0, 0.1) is 0 Å². The van der Waals surface area contributed by atoms with Gasteiger partial charge in [-0.15, -0.1) is 11.3 Å². The van der Waals surface area contributed by atoms with E-state index in [-0.39, 0.29) is 18.0 Å². The van der Waals surface area contributed by atoms with Gasteiger partial charge in [0.25, 0.3) is 0 Å². The van der Waals surface area contributed by atoms with Crippen LogP contribution < -0.4 is 16.0 Å². The number of nitrogens with zero attached hydrogens (tertiary/aromatic N) is 5. The number of piperazine rings is 1. The fraction of sp³-hybridized carbons (Fsp3) is 0.368. The van der Waals surface area contributed by atoms with E-state index in [1.54, 1.807) is 5.51 Å². The van der Waals surface area contributed by atoms with Crippen molar-refractivity contribution in [1.82, 2.24) is 19.9 Å². The lowest BCUT2D eigenvalue weighted by molar-refractivity contribution is 0.200. The topological polar surface area (TPSA) is 100 Å². The molecular formula is C19H23N7OS. The number of fused-ring (bicyclic) bond motifs is 1. The molecular weight excluding hydrogens is 374 g/mol. The number of amides is 2. The van der Waals surface area contributed by atoms with Gasteiger partial charge in [0.05, 0.1) is 5.51 Å². The minimum absolute atomic E-state index is 0.0844. The van der Waals surface area contributed by atoms with Crippen LogP contribution in [-0.4, -0.2) is 51.6 Å². The van der Waals surface area contributed by atoms with Gasteiger partial charge in [-0.1, -0.05) is 19.1 Å². The van der Waals surface area contributed by atoms with E-state index in [1.807, 2.05) is 29.2 Å². The molecule has 1 aliphatic rings. The van der Waals surface area contributed by atoms with Gasteiger partial charge in [-0.05, 0) is 31.0 Å². The Kier molecular flexibility index (Phi) is 4.99. The number of aryl methyl sites for hydroxylation is 1. The summed E-state index contributed by atoms with van der Waals surface area (Å²) in [4.78, 5) is 30.5. The van der Waals surface area contributed by atoms with E-state index in [1.165, 1.54) is 16.9 Å². The molecule has 3 aromatic rings. The number of carbonyl (C=O) groups excluding carboxylic acids is 1. The molecule has 2 amide bonds. The Morgan fingerprint density at radius 2 is 2.07 bits per heavy atom. The number of nitrogens with one attached hydrogen (secondary N) is 1. The van der Waals surface area contributed by atoms with E-state index in [0.29, 0.717) is 19.6 Å². The summed E-state index contributed by atoms with van der Waals surface area (Å²) in [7, 11) is 0. The van der Waals surface area contributed by atoms with Crippen molar-refractivity contribution in [3.05, 3.63) is 35.3 Å². The third-order valence-electron chi connectivity index (χ3n) is 5.00. The molecule has 1 fully saturated rings. The minimum Gasteiger partial charge on any atom is -0.368 e. The molecule has 2 aromatic heterocycles. The first-order chi connectivity index (χ1) is 13.5. The van der Waals surface area contributed by atoms with Crippen molar-refractivity contribution in [2.75, 3.05) is 35.6 Å². The lowest BCUT2D eigenvalue weighted by Crippen LogP contribution is -2.55. The Labute approximate surface area is 167 Å². The van der Waals surface area contributed by atoms with Gasteiger partial charge in [0.15, 0.2) is 10.6 Å². The normalized spacial score (nSPS) is 17.1. The average Bonchev–Trinajstić information content (AvgIpc) is 3.16. The zero-order valence-electron chi connectivity index (χ0n) is 15.9. The van der Waals surface area contributed by atoms with Crippen molar-refractivity contribution < 1.29 is 4.79 Å². The molecule has 1 unspecified atom stereocenters. The third kappa shape index (κ3) is 3.57. The highest BCUT2D eigenvalue weighted by atomic mass is 32.1. The first-order valence-corrected chi connectivity index (χ1v) is 10.2. The SMILES string of the molecule is CCc1ccc(NC(=O)N2CCN(c3nc(N)nc4scnc34)C(C)C2)cc1. The van der Waals surface area contributed by atoms with Crippen LogP contribution in [0.1, 0.15) is 19.4 Å². The minimum atomic E-state index is -0.0863. The maximum absolute atomic E-state index is 12.7. The summed E-state index contributed by atoms with van der Waals surface area (Å²) in [6.45, 7) is 6.03. The molecule has 9 heteroatoms. The van der Waals surface area contributed by atoms with Crippen molar-refractivity contribution >= 4 is 45.2 Å². The number of thiazole rings is 1. The fourth-order valence-electron chi connectivity index (χ4n) is 3.45. The Hall–Kier alpha value is -2.94. The van der Waals surface area contributed by atoms with Crippen molar-refractivity contribution in [2.24, 2.45) is 0 Å². The van der Waals surface area contributed by atoms with Crippen molar-refractivity contribution in [3.63, 3.8) is 0 Å². The number of hydrogen-bond donors (Lipinski definition) is 2. The molecule has 3 heterocycles. The quantitative estimate of drug-likeness (QED) is 0.705. The molecule has 1 aliphatic heterocycles. The average molecular weight is 398 g/mol. The largest absolute Gasteiger partial charge is 0.368 e. The summed E-state index contributed by atoms with van der Waals surface area (Å²) in [5.74, 6) is 0.987. The number of urea groups is 1. The van der Waals surface area contributed by atoms with Crippen LogP contribution in [0.4, 0.5) is 22.2 Å². The van der Waals surface area contributed by atoms with E-state index in [0.717, 1.165) is 28.3 Å². The number of aromatic nitrogens is 3. The van der Waals surface area contributed by atoms with Gasteiger partial charge in [-0.2, -0.15) is 4.98 Å². The van der Waals surface area contributed by atoms with Crippen molar-refractivity contribution in [1.29, 1.82) is 0 Å². The molecule has 1 saturated heterocycles. The Morgan fingerprint density at radius 3 is 2.79 bits per heavy atom. The van der Waals surface area contributed by atoms with Crippen LogP contribution in [0.15, 0.2) is 29.8 Å². The number of anilines is 3. The first-order valence-electron chi connectivity index (χ1n) is 9.33. The second-order valence-corrected chi connectivity index (χ2v) is 7.71. The molecule has 0 saturated carbocycles. The van der Waals surface area contributed by atoms with Crippen LogP contribution in [0.5, 0.6) is 0 Å². The van der Waals surface area contributed by atoms with Crippen molar-refractivity contribution in [3.8, 4) is 0 Å². The predicted octanol–water partition coefficient (Wildman–Crippen LogP) is 2.97. The Balaban J connectivity index is 1.45. The fourth-order valence-corrected chi connectivity index (χ4v) is 4.11. The summed E-state index contributed by atoms with van der Waals surface area (Å²) >= 11 is 1.45. The summed E-state index contributed by atoms with van der Waals surface area (Å²) in [5, 5.41) is 2.98. The van der Waals surface area contributed by atoms with Gasteiger partial charge in [-0.3, -0.25) is 0 Å². The smallest absolute Gasteiger partial charge is 0.321 e. The molecule has 0 aliphatic carbocycles. The highest BCUT2D eigenvalue weighted by Crippen LogP contribution is 2.28. The van der Waals surface area contributed by atoms with Gasteiger partial charge >= 0.3 is 6.03 Å². The molecule has 8 nitrogen and oxygen atoms in total. The van der Waals surface area contributed by atoms with Gasteiger partial charge in [0.1, 0.15) is 5.52 Å². The van der Waals surface area contributed by atoms with E-state index in [9.17, 15) is 4.79 Å². The summed E-state index contributed by atoms with van der Waals surface area (Å²) in [6, 6.07) is 7.96. The second kappa shape index (κ2) is 7.59. The predicted molar refractivity (Wildman–Crippen MR) is 113 cm³/mol. The van der Waals surface area contributed by atoms with Gasteiger partial charge < -0.3 is 20.9 Å². The number of rotatable bonds is 3. The van der Waals surface area contributed by atoms with E-state index < -0.39 is 0 Å². The molecule has 1 atom stereocenters. The van der Waals surface area contributed by atoms with E-state index in [4.69, 9.17) is 5.73 Å². The first kappa shape index (κ1) is 18.4. The number of nitrogens with two attached hydrogens (primary N) is 1. The highest BCUT2D eigenvalue weighted by molar-refractivity contribution is 7.16. The molecule has 0 bridgehead atoms. The van der Waals surface area contributed by atoms with Crippen LogP contribution in [0.2, 0.25) is 0 Å². The summed E-state index contributed by atoms with van der Waals surface area (Å²) in [5.41, 5.74) is 10.4. The molecule has 146 valence electrons. The van der Waals surface area contributed by atoms with Gasteiger partial charge in [-0.25, -0.2) is 14.8 Å². The van der Waals surface area contributed by atoms with E-state index >= 15 is 0 Å². The molecule has 0 spiro atoms. The lowest BCUT2D eigenvalue weighted by atomic mass is 10.1. The molecule has 1 aromatic carbocycles. The Morgan fingerprint density at radius 1 is 1.29 bits per heavy atom. The highest BCUT2D eigenvalue weighted by Gasteiger charge is 2.29. The number of nitrogen functional groups attached to an aromatic ring is 1. The van der Waals surface area contributed by atoms with Crippen LogP contribution in [0.3, 0.4) is 0 Å². The number of benzene rings is 1. The van der Waals surface area contributed by atoms with Crippen LogP contribution >= 0.6 is 11.3 Å². The number of carbonyl (C=O) groups is 1. The summed E-state index contributed by atoms with van der Waals surface area (Å²) < 4.78 is 0. The second-order valence-electron chi connectivity index (χ2n) is 6.88. The monoisotopic (exact) mass is 397 g/mol. The third-order valence-corrected chi connectivity index (χ3v) is 5.72. The maximum Gasteiger partial charge on any atom is 0.321 e. The molecule has 3 N–H and O–H groups in total. The van der Waals surface area contributed by atoms with E-state index in [2.05, 4.69) is 39.0 Å². The molecule has 4 rings (SSSR count). The summed E-state index contributed by atoms with van der Waals surface area (Å²) in [6.07, 6.45) is 0.980.